The van der Waals surface area contributed by atoms with Gasteiger partial charge in [0.15, 0.2) is 5.76 Å². The molecule has 0 aliphatic carbocycles. The Labute approximate surface area is 213 Å². The molecule has 0 bridgehead atoms. The smallest absolute Gasteiger partial charge is 0.363 e. The molecule has 1 fully saturated rings. The van der Waals surface area contributed by atoms with E-state index in [1.807, 2.05) is 49.4 Å². The Morgan fingerprint density at radius 2 is 1.89 bits per heavy atom. The van der Waals surface area contributed by atoms with Crippen molar-refractivity contribution in [1.82, 2.24) is 10.0 Å². The minimum atomic E-state index is -0.777. The highest BCUT2D eigenvalue weighted by Gasteiger charge is 2.33. The number of amides is 2. The molecular weight excluding hydrogens is 474 g/mol. The molecule has 9 heteroatoms. The third kappa shape index (κ3) is 6.26. The number of allylic oxidation sites excluding steroid dienone is 4. The topological polar surface area (TPSA) is 111 Å². The van der Waals surface area contributed by atoms with Gasteiger partial charge < -0.3 is 14.0 Å². The van der Waals surface area contributed by atoms with Crippen LogP contribution < -0.4 is 4.74 Å². The highest BCUT2D eigenvalue weighted by molar-refractivity contribution is 6.02. The second-order valence-electron chi connectivity index (χ2n) is 8.03. The lowest BCUT2D eigenvalue weighted by molar-refractivity contribution is -0.172. The number of imide groups is 1. The van der Waals surface area contributed by atoms with Crippen LogP contribution in [0.15, 0.2) is 82.4 Å². The maximum Gasteiger partial charge on any atom is 0.363 e. The van der Waals surface area contributed by atoms with Gasteiger partial charge in [-0.2, -0.15) is 0 Å². The van der Waals surface area contributed by atoms with E-state index in [0.29, 0.717) is 23.3 Å². The zero-order chi connectivity index (χ0) is 26.2. The number of carbonyl (C=O) groups excluding carboxylic acids is 3. The van der Waals surface area contributed by atoms with Crippen LogP contribution in [-0.2, 0) is 21.0 Å². The van der Waals surface area contributed by atoms with Crippen LogP contribution >= 0.6 is 0 Å². The predicted octanol–water partition coefficient (Wildman–Crippen LogP) is 4.80. The van der Waals surface area contributed by atoms with Crippen molar-refractivity contribution in [2.45, 2.75) is 26.3 Å². The van der Waals surface area contributed by atoms with Gasteiger partial charge in [-0.05, 0) is 55.0 Å². The molecule has 2 heterocycles. The molecule has 1 saturated heterocycles. The molecule has 4 rings (SSSR count). The third-order valence-electron chi connectivity index (χ3n) is 5.45. The molecule has 0 radical (unpaired) electrons. The van der Waals surface area contributed by atoms with Gasteiger partial charge >= 0.3 is 5.97 Å². The molecule has 0 saturated carbocycles. The summed E-state index contributed by atoms with van der Waals surface area (Å²) in [6, 6.07) is 14.2. The summed E-state index contributed by atoms with van der Waals surface area (Å²) < 4.78 is 11.1. The minimum absolute atomic E-state index is 0.0416. The molecule has 0 unspecified atom stereocenters. The molecule has 1 aliphatic heterocycles. The number of hydrogen-bond donors (Lipinski definition) is 0. The van der Waals surface area contributed by atoms with Gasteiger partial charge in [-0.3, -0.25) is 14.6 Å². The van der Waals surface area contributed by atoms with Gasteiger partial charge in [-0.25, -0.2) is 9.78 Å². The molecular formula is C28H25N3O6. The van der Waals surface area contributed by atoms with Gasteiger partial charge in [0, 0.05) is 30.2 Å². The lowest BCUT2D eigenvalue weighted by Crippen LogP contribution is -2.32. The average Bonchev–Trinajstić information content (AvgIpc) is 3.53. The summed E-state index contributed by atoms with van der Waals surface area (Å²) >= 11 is 0. The fourth-order valence-corrected chi connectivity index (χ4v) is 3.56. The van der Waals surface area contributed by atoms with Crippen LogP contribution in [0.1, 0.15) is 41.6 Å². The van der Waals surface area contributed by atoms with Crippen LogP contribution in [0.25, 0.3) is 16.9 Å². The van der Waals surface area contributed by atoms with E-state index < -0.39 is 17.8 Å². The first-order valence-electron chi connectivity index (χ1n) is 11.6. The number of benzene rings is 2. The quantitative estimate of drug-likeness (QED) is 0.236. The zero-order valence-electron chi connectivity index (χ0n) is 20.4. The van der Waals surface area contributed by atoms with Gasteiger partial charge in [0.25, 0.3) is 11.8 Å². The van der Waals surface area contributed by atoms with Crippen molar-refractivity contribution in [2.75, 3.05) is 7.11 Å². The Kier molecular flexibility index (Phi) is 8.05. The van der Waals surface area contributed by atoms with Gasteiger partial charge in [0.2, 0.25) is 5.89 Å². The molecule has 2 aromatic carbocycles. The maximum absolute atomic E-state index is 12.4. The van der Waals surface area contributed by atoms with E-state index >= 15 is 0 Å². The highest BCUT2D eigenvalue weighted by atomic mass is 16.7. The van der Waals surface area contributed by atoms with Gasteiger partial charge in [0.05, 0.1) is 25.4 Å². The van der Waals surface area contributed by atoms with Crippen molar-refractivity contribution in [1.29, 1.82) is 0 Å². The lowest BCUT2D eigenvalue weighted by atomic mass is 10.1. The van der Waals surface area contributed by atoms with Crippen LogP contribution in [0.5, 0.6) is 5.75 Å². The summed E-state index contributed by atoms with van der Waals surface area (Å²) in [5, 5.41) is 0.531. The summed E-state index contributed by atoms with van der Waals surface area (Å²) in [4.78, 5) is 49.5. The van der Waals surface area contributed by atoms with Crippen LogP contribution in [0.3, 0.4) is 0 Å². The number of hydroxylamine groups is 2. The number of nitrogens with zero attached hydrogens (tertiary/aromatic N) is 3. The van der Waals surface area contributed by atoms with Crippen LogP contribution in [-0.4, -0.2) is 41.2 Å². The van der Waals surface area contributed by atoms with Crippen LogP contribution in [0.4, 0.5) is 0 Å². The van der Waals surface area contributed by atoms with Crippen molar-refractivity contribution in [3.05, 3.63) is 90.0 Å². The van der Waals surface area contributed by atoms with Crippen LogP contribution in [0.2, 0.25) is 0 Å². The number of oxazole rings is 1. The van der Waals surface area contributed by atoms with Gasteiger partial charge in [-0.1, -0.05) is 24.3 Å². The highest BCUT2D eigenvalue weighted by Crippen LogP contribution is 2.26. The van der Waals surface area contributed by atoms with E-state index in [-0.39, 0.29) is 18.4 Å². The normalized spacial score (nSPS) is 14.2. The number of hydrogen-bond acceptors (Lipinski definition) is 8. The summed E-state index contributed by atoms with van der Waals surface area (Å²) in [5.74, 6) is 0.0156. The Bertz CT molecular complexity index is 1370. The molecule has 1 aromatic heterocycles. The fraction of sp³-hybridized carbons (Fsp3) is 0.179. The number of methoxy groups -OCH3 is 1. The van der Waals surface area contributed by atoms with E-state index in [9.17, 15) is 14.4 Å². The Morgan fingerprint density at radius 3 is 2.59 bits per heavy atom. The number of carbonyl (C=O) groups is 3. The average molecular weight is 500 g/mol. The molecule has 0 N–H and O–H groups in total. The number of aliphatic imine (C=N–C) groups is 1. The standard InChI is InChI=1S/C28H25N3O6/c1-3-5-21(27-30-18-24(36-27)20-8-10-23(35-2)11-9-20)14-15-29-17-19-6-4-7-22(16-19)28(34)37-31-25(32)12-13-26(31)33/h3-11,14-16,18H,12-13,17H2,1-2H3/b5-3-,21-14+,29-15+. The third-order valence-corrected chi connectivity index (χ3v) is 5.45. The first-order valence-corrected chi connectivity index (χ1v) is 11.6. The number of aromatic nitrogens is 1. The van der Waals surface area contributed by atoms with Crippen molar-refractivity contribution >= 4 is 29.6 Å². The summed E-state index contributed by atoms with van der Waals surface area (Å²) in [6.45, 7) is 2.19. The van der Waals surface area contributed by atoms with Crippen molar-refractivity contribution in [2.24, 2.45) is 4.99 Å². The van der Waals surface area contributed by atoms with Crippen LogP contribution in [0, 0.1) is 0 Å². The SMILES string of the molecule is C\C=C/C(=C\C=N\Cc1cccc(C(=O)ON2C(=O)CCC2=O)c1)c1ncc(-c2ccc(OC)cc2)o1. The Balaban J connectivity index is 1.42. The molecule has 37 heavy (non-hydrogen) atoms. The maximum atomic E-state index is 12.4. The van der Waals surface area contributed by atoms with Gasteiger partial charge in [0.1, 0.15) is 5.75 Å². The summed E-state index contributed by atoms with van der Waals surface area (Å²) in [6.07, 6.45) is 8.92. The molecule has 2 amide bonds. The zero-order valence-corrected chi connectivity index (χ0v) is 20.4. The second-order valence-corrected chi connectivity index (χ2v) is 8.03. The van der Waals surface area contributed by atoms with Crippen molar-refractivity contribution < 1.29 is 28.4 Å². The predicted molar refractivity (Wildman–Crippen MR) is 136 cm³/mol. The number of rotatable bonds is 9. The molecule has 0 spiro atoms. The first kappa shape index (κ1) is 25.3. The molecule has 188 valence electrons. The Hall–Kier alpha value is -4.79. The van der Waals surface area contributed by atoms with E-state index in [1.165, 1.54) is 0 Å². The van der Waals surface area contributed by atoms with Crippen molar-refractivity contribution in [3.63, 3.8) is 0 Å². The van der Waals surface area contributed by atoms with E-state index in [2.05, 4.69) is 9.98 Å². The molecule has 0 atom stereocenters. The fourth-order valence-electron chi connectivity index (χ4n) is 3.56. The van der Waals surface area contributed by atoms with E-state index in [1.54, 1.807) is 43.8 Å². The summed E-state index contributed by atoms with van der Waals surface area (Å²) in [5.41, 5.74) is 2.59. The summed E-state index contributed by atoms with van der Waals surface area (Å²) in [7, 11) is 1.61. The monoisotopic (exact) mass is 499 g/mol. The first-order chi connectivity index (χ1) is 18.0. The van der Waals surface area contributed by atoms with Crippen molar-refractivity contribution in [3.8, 4) is 17.1 Å². The second kappa shape index (κ2) is 11.8. The van der Waals surface area contributed by atoms with E-state index in [0.717, 1.165) is 22.4 Å². The molecule has 9 nitrogen and oxygen atoms in total. The minimum Gasteiger partial charge on any atom is -0.497 e. The number of ether oxygens (including phenoxy) is 1. The molecule has 3 aromatic rings. The van der Waals surface area contributed by atoms with Gasteiger partial charge in [-0.15, -0.1) is 5.06 Å². The largest absolute Gasteiger partial charge is 0.497 e. The van der Waals surface area contributed by atoms with E-state index in [4.69, 9.17) is 14.0 Å². The molecule has 1 aliphatic rings. The Morgan fingerprint density at radius 1 is 1.14 bits per heavy atom. The lowest BCUT2D eigenvalue weighted by Gasteiger charge is -2.12.